The van der Waals surface area contributed by atoms with Gasteiger partial charge >= 0.3 is 0 Å². The Labute approximate surface area is 278 Å². The van der Waals surface area contributed by atoms with Crippen LogP contribution in [-0.4, -0.2) is 9.13 Å². The number of aromatic nitrogens is 2. The molecule has 0 amide bonds. The van der Waals surface area contributed by atoms with Gasteiger partial charge in [0.2, 0.25) is 0 Å². The predicted molar refractivity (Wildman–Crippen MR) is 203 cm³/mol. The van der Waals surface area contributed by atoms with Crippen LogP contribution < -0.4 is 0 Å². The molecule has 0 bridgehead atoms. The Balaban J connectivity index is 1.30. The highest BCUT2D eigenvalue weighted by Gasteiger charge is 2.19. The fourth-order valence-electron chi connectivity index (χ4n) is 7.73. The number of rotatable bonds is 4. The number of para-hydroxylation sites is 1. The summed E-state index contributed by atoms with van der Waals surface area (Å²) in [6.45, 7) is 0. The van der Waals surface area contributed by atoms with E-state index in [0.717, 1.165) is 5.69 Å². The van der Waals surface area contributed by atoms with E-state index < -0.39 is 0 Å². The van der Waals surface area contributed by atoms with Gasteiger partial charge in [-0.15, -0.1) is 0 Å². The first kappa shape index (κ1) is 26.8. The van der Waals surface area contributed by atoms with Crippen LogP contribution in [0.5, 0.6) is 0 Å². The van der Waals surface area contributed by atoms with E-state index in [-0.39, 0.29) is 0 Å². The molecule has 224 valence electrons. The summed E-state index contributed by atoms with van der Waals surface area (Å²) in [6.07, 6.45) is 2.23. The molecule has 10 aromatic rings. The summed E-state index contributed by atoms with van der Waals surface area (Å²) >= 11 is 0. The van der Waals surface area contributed by atoms with E-state index in [2.05, 4.69) is 191 Å². The fraction of sp³-hybridized carbons (Fsp3) is 0. The molecule has 48 heavy (non-hydrogen) atoms. The Morgan fingerprint density at radius 1 is 0.333 bits per heavy atom. The minimum absolute atomic E-state index is 1.15. The molecule has 10 rings (SSSR count). The van der Waals surface area contributed by atoms with Crippen LogP contribution in [0.15, 0.2) is 182 Å². The minimum atomic E-state index is 1.15. The Kier molecular flexibility index (Phi) is 5.91. The second kappa shape index (κ2) is 10.6. The minimum Gasteiger partial charge on any atom is -0.316 e. The quantitative estimate of drug-likeness (QED) is 0.188. The Bertz CT molecular complexity index is 2750. The van der Waals surface area contributed by atoms with Gasteiger partial charge in [0.05, 0.1) is 16.6 Å². The second-order valence-corrected chi connectivity index (χ2v) is 12.6. The molecule has 0 fully saturated rings. The van der Waals surface area contributed by atoms with Crippen molar-refractivity contribution in [2.75, 3.05) is 0 Å². The lowest BCUT2D eigenvalue weighted by atomic mass is 9.97. The molecule has 0 aliphatic heterocycles. The lowest BCUT2D eigenvalue weighted by molar-refractivity contribution is 1.13. The molecule has 0 aliphatic rings. The van der Waals surface area contributed by atoms with Crippen LogP contribution in [0.4, 0.5) is 0 Å². The lowest BCUT2D eigenvalue weighted by Gasteiger charge is -2.14. The van der Waals surface area contributed by atoms with Gasteiger partial charge in [-0.05, 0) is 86.9 Å². The number of hydrogen-bond acceptors (Lipinski definition) is 0. The van der Waals surface area contributed by atoms with Crippen LogP contribution in [-0.2, 0) is 0 Å². The van der Waals surface area contributed by atoms with E-state index in [1.165, 1.54) is 82.2 Å². The number of fused-ring (bicyclic) bond motifs is 9. The fourth-order valence-corrected chi connectivity index (χ4v) is 7.73. The van der Waals surface area contributed by atoms with Crippen LogP contribution in [0.1, 0.15) is 0 Å². The van der Waals surface area contributed by atoms with Gasteiger partial charge < -0.3 is 9.13 Å². The van der Waals surface area contributed by atoms with Gasteiger partial charge in [-0.3, -0.25) is 0 Å². The van der Waals surface area contributed by atoms with Crippen molar-refractivity contribution in [3.8, 4) is 33.6 Å². The first-order valence-electron chi connectivity index (χ1n) is 16.5. The first-order chi connectivity index (χ1) is 23.8. The summed E-state index contributed by atoms with van der Waals surface area (Å²) in [6, 6.07) is 64.0. The third kappa shape index (κ3) is 4.06. The van der Waals surface area contributed by atoms with E-state index in [9.17, 15) is 0 Å². The van der Waals surface area contributed by atoms with E-state index >= 15 is 0 Å². The Hall–Kier alpha value is -6.38. The normalized spacial score (nSPS) is 11.8. The lowest BCUT2D eigenvalue weighted by Crippen LogP contribution is -1.95. The van der Waals surface area contributed by atoms with Crippen molar-refractivity contribution < 1.29 is 0 Å². The van der Waals surface area contributed by atoms with E-state index in [0.29, 0.717) is 0 Å². The summed E-state index contributed by atoms with van der Waals surface area (Å²) in [5, 5.41) is 8.86. The largest absolute Gasteiger partial charge is 0.316 e. The standard InChI is InChI=1S/C46H30N2/c1-4-12-31(13-5-1)35-28-36(32-14-6-2-7-15-32)30-38(29-35)47-27-26-34-20-22-40-41(46(34)47)23-25-43-45(40)44-39-19-11-10-16-33(39)21-24-42(44)48(43)37-17-8-3-9-18-37/h1-30H. The molecule has 0 radical (unpaired) electrons. The second-order valence-electron chi connectivity index (χ2n) is 12.6. The van der Waals surface area contributed by atoms with Crippen molar-refractivity contribution in [3.05, 3.63) is 182 Å². The molecule has 2 heteroatoms. The highest BCUT2D eigenvalue weighted by Crippen LogP contribution is 2.42. The van der Waals surface area contributed by atoms with Crippen molar-refractivity contribution in [2.24, 2.45) is 0 Å². The van der Waals surface area contributed by atoms with Gasteiger partial charge in [-0.2, -0.15) is 0 Å². The van der Waals surface area contributed by atoms with Crippen LogP contribution in [0.25, 0.3) is 87.9 Å². The molecule has 2 heterocycles. The zero-order valence-corrected chi connectivity index (χ0v) is 26.2. The van der Waals surface area contributed by atoms with Gasteiger partial charge in [0, 0.05) is 39.1 Å². The molecule has 0 saturated heterocycles. The smallest absolute Gasteiger partial charge is 0.0607 e. The van der Waals surface area contributed by atoms with Gasteiger partial charge in [-0.25, -0.2) is 0 Å². The molecule has 0 spiro atoms. The van der Waals surface area contributed by atoms with Crippen LogP contribution in [0, 0.1) is 0 Å². The SMILES string of the molecule is c1ccc(-c2cc(-c3ccccc3)cc(-n3ccc4ccc5c(ccc6c5c5c7ccccc7ccc5n6-c5ccccc5)c43)c2)cc1. The summed E-state index contributed by atoms with van der Waals surface area (Å²) < 4.78 is 4.81. The van der Waals surface area contributed by atoms with Crippen molar-refractivity contribution in [1.82, 2.24) is 9.13 Å². The zero-order chi connectivity index (χ0) is 31.6. The molecule has 0 N–H and O–H groups in total. The summed E-state index contributed by atoms with van der Waals surface area (Å²) in [4.78, 5) is 0. The number of benzene rings is 8. The molecular formula is C46H30N2. The molecule has 2 aromatic heterocycles. The average Bonchev–Trinajstić information content (AvgIpc) is 3.76. The summed E-state index contributed by atoms with van der Waals surface area (Å²) in [5.41, 5.74) is 10.8. The van der Waals surface area contributed by atoms with Crippen molar-refractivity contribution in [3.63, 3.8) is 0 Å². The molecule has 2 nitrogen and oxygen atoms in total. The van der Waals surface area contributed by atoms with Crippen LogP contribution in [0.2, 0.25) is 0 Å². The van der Waals surface area contributed by atoms with Gasteiger partial charge in [-0.1, -0.05) is 127 Å². The van der Waals surface area contributed by atoms with Gasteiger partial charge in [0.1, 0.15) is 0 Å². The third-order valence-corrected chi connectivity index (χ3v) is 9.89. The van der Waals surface area contributed by atoms with Gasteiger partial charge in [0.15, 0.2) is 0 Å². The van der Waals surface area contributed by atoms with Crippen molar-refractivity contribution in [2.45, 2.75) is 0 Å². The van der Waals surface area contributed by atoms with Crippen molar-refractivity contribution in [1.29, 1.82) is 0 Å². The molecule has 0 saturated carbocycles. The highest BCUT2D eigenvalue weighted by molar-refractivity contribution is 6.30. The number of nitrogens with zero attached hydrogens (tertiary/aromatic N) is 2. The maximum Gasteiger partial charge on any atom is 0.0607 e. The molecule has 8 aromatic carbocycles. The van der Waals surface area contributed by atoms with Gasteiger partial charge in [0.25, 0.3) is 0 Å². The van der Waals surface area contributed by atoms with Crippen LogP contribution in [0.3, 0.4) is 0 Å². The van der Waals surface area contributed by atoms with E-state index in [1.54, 1.807) is 0 Å². The molecule has 0 aliphatic carbocycles. The maximum atomic E-state index is 2.43. The number of hydrogen-bond donors (Lipinski definition) is 0. The van der Waals surface area contributed by atoms with E-state index in [4.69, 9.17) is 0 Å². The van der Waals surface area contributed by atoms with Crippen molar-refractivity contribution >= 4 is 54.3 Å². The summed E-state index contributed by atoms with van der Waals surface area (Å²) in [7, 11) is 0. The topological polar surface area (TPSA) is 9.86 Å². The molecule has 0 atom stereocenters. The average molecular weight is 611 g/mol. The monoisotopic (exact) mass is 610 g/mol. The Morgan fingerprint density at radius 3 is 1.60 bits per heavy atom. The Morgan fingerprint density at radius 2 is 0.896 bits per heavy atom. The zero-order valence-electron chi connectivity index (χ0n) is 26.2. The highest BCUT2D eigenvalue weighted by atomic mass is 15.0. The molecule has 0 unspecified atom stereocenters. The third-order valence-electron chi connectivity index (χ3n) is 9.89. The first-order valence-corrected chi connectivity index (χ1v) is 16.5. The molecular weight excluding hydrogens is 581 g/mol. The van der Waals surface area contributed by atoms with E-state index in [1.807, 2.05) is 0 Å². The predicted octanol–water partition coefficient (Wildman–Crippen LogP) is 12.4. The maximum absolute atomic E-state index is 2.43. The van der Waals surface area contributed by atoms with Crippen LogP contribution >= 0.6 is 0 Å². The summed E-state index contributed by atoms with van der Waals surface area (Å²) in [5.74, 6) is 0.